The number of ketones is 1. The highest BCUT2D eigenvalue weighted by Gasteiger charge is 2.26. The molecule has 0 saturated heterocycles. The average molecular weight is 279 g/mol. The minimum absolute atomic E-state index is 0.0457. The molecule has 5 heteroatoms. The van der Waals surface area contributed by atoms with Gasteiger partial charge in [-0.15, -0.1) is 0 Å². The summed E-state index contributed by atoms with van der Waals surface area (Å²) in [6, 6.07) is 1.38. The Morgan fingerprint density at radius 1 is 1.57 bits per heavy atom. The van der Waals surface area contributed by atoms with Crippen molar-refractivity contribution in [3.63, 3.8) is 0 Å². The van der Waals surface area contributed by atoms with E-state index in [1.807, 2.05) is 0 Å². The van der Waals surface area contributed by atoms with E-state index in [9.17, 15) is 9.18 Å². The number of hydrogen-bond donors (Lipinski definition) is 0. The monoisotopic (exact) mass is 278 g/mol. The lowest BCUT2D eigenvalue weighted by Gasteiger charge is -2.18. The molecule has 14 heavy (non-hydrogen) atoms. The second-order valence-corrected chi connectivity index (χ2v) is 4.14. The first-order valence-electron chi connectivity index (χ1n) is 3.94. The quantitative estimate of drug-likeness (QED) is 0.682. The molecule has 0 amide bonds. The number of fused-ring (bicyclic) bond motifs is 1. The normalized spacial score (nSPS) is 14.9. The summed E-state index contributed by atoms with van der Waals surface area (Å²) in [6.45, 7) is 0.257. The fourth-order valence-corrected chi connectivity index (χ4v) is 2.16. The first-order valence-corrected chi connectivity index (χ1v) is 5.12. The minimum atomic E-state index is -0.603. The molecule has 0 fully saturated rings. The van der Waals surface area contributed by atoms with Crippen LogP contribution in [0.25, 0.3) is 0 Å². The lowest BCUT2D eigenvalue weighted by Crippen LogP contribution is -2.17. The number of benzene rings is 1. The molecule has 0 aliphatic carbocycles. The zero-order valence-electron chi connectivity index (χ0n) is 6.94. The van der Waals surface area contributed by atoms with E-state index in [4.69, 9.17) is 16.3 Å². The van der Waals surface area contributed by atoms with Gasteiger partial charge in [-0.2, -0.15) is 0 Å². The first kappa shape index (κ1) is 9.93. The Labute approximate surface area is 93.1 Å². The van der Waals surface area contributed by atoms with Crippen LogP contribution in [0.5, 0.6) is 5.75 Å². The van der Waals surface area contributed by atoms with Crippen LogP contribution in [0.15, 0.2) is 10.5 Å². The summed E-state index contributed by atoms with van der Waals surface area (Å²) in [5.74, 6) is -0.718. The zero-order valence-corrected chi connectivity index (χ0v) is 9.28. The topological polar surface area (TPSA) is 26.3 Å². The van der Waals surface area contributed by atoms with Crippen LogP contribution in [0.1, 0.15) is 16.8 Å². The molecule has 0 aromatic heterocycles. The van der Waals surface area contributed by atoms with E-state index < -0.39 is 5.82 Å². The number of halogens is 3. The van der Waals surface area contributed by atoms with Crippen LogP contribution in [0.4, 0.5) is 4.39 Å². The van der Waals surface area contributed by atoms with Gasteiger partial charge in [-0.25, -0.2) is 4.39 Å². The van der Waals surface area contributed by atoms with Gasteiger partial charge in [-0.3, -0.25) is 4.79 Å². The Morgan fingerprint density at radius 2 is 2.29 bits per heavy atom. The molecule has 0 radical (unpaired) electrons. The predicted molar refractivity (Wildman–Crippen MR) is 53.6 cm³/mol. The molecule has 0 atom stereocenters. The summed E-state index contributed by atoms with van der Waals surface area (Å²) in [4.78, 5) is 11.4. The van der Waals surface area contributed by atoms with Crippen LogP contribution >= 0.6 is 27.5 Å². The number of Topliss-reactive ketones (excluding diaryl/α,β-unsaturated/α-hetero) is 1. The van der Waals surface area contributed by atoms with Gasteiger partial charge in [0.15, 0.2) is 17.3 Å². The van der Waals surface area contributed by atoms with Crippen molar-refractivity contribution in [2.45, 2.75) is 6.42 Å². The van der Waals surface area contributed by atoms with Gasteiger partial charge < -0.3 is 4.74 Å². The fraction of sp³-hybridized carbons (Fsp3) is 0.222. The third-order valence-corrected chi connectivity index (χ3v) is 2.84. The Morgan fingerprint density at radius 3 is 3.00 bits per heavy atom. The number of carbonyl (C=O) groups excluding carboxylic acids is 1. The van der Waals surface area contributed by atoms with Gasteiger partial charge in [0.1, 0.15) is 0 Å². The molecule has 1 aromatic carbocycles. The molecule has 0 unspecified atom stereocenters. The largest absolute Gasteiger partial charge is 0.491 e. The van der Waals surface area contributed by atoms with Crippen molar-refractivity contribution in [1.29, 1.82) is 0 Å². The van der Waals surface area contributed by atoms with Crippen LogP contribution in [-0.4, -0.2) is 12.4 Å². The van der Waals surface area contributed by atoms with Gasteiger partial charge in [0.05, 0.1) is 21.7 Å². The summed E-state index contributed by atoms with van der Waals surface area (Å²) in [5, 5.41) is 0.251. The van der Waals surface area contributed by atoms with E-state index >= 15 is 0 Å². The van der Waals surface area contributed by atoms with Crippen LogP contribution in [0.2, 0.25) is 5.02 Å². The summed E-state index contributed by atoms with van der Waals surface area (Å²) in [7, 11) is 0. The number of ether oxygens (including phenoxy) is 1. The highest BCUT2D eigenvalue weighted by molar-refractivity contribution is 9.10. The summed E-state index contributed by atoms with van der Waals surface area (Å²) < 4.78 is 18.8. The molecular formula is C9H5BrClFO2. The molecule has 1 aromatic rings. The minimum Gasteiger partial charge on any atom is -0.491 e. The van der Waals surface area contributed by atoms with Crippen LogP contribution < -0.4 is 4.74 Å². The molecule has 0 spiro atoms. The van der Waals surface area contributed by atoms with Crippen molar-refractivity contribution in [2.24, 2.45) is 0 Å². The molecule has 0 N–H and O–H groups in total. The third kappa shape index (κ3) is 1.42. The standard InChI is InChI=1S/C9H5BrClFO2/c10-4-3-5(11)9-7(8(4)12)6(13)1-2-14-9/h3H,1-2H2. The van der Waals surface area contributed by atoms with E-state index in [1.165, 1.54) is 6.07 Å². The van der Waals surface area contributed by atoms with E-state index in [-0.39, 0.29) is 39.6 Å². The van der Waals surface area contributed by atoms with Gasteiger partial charge in [0, 0.05) is 6.42 Å². The number of carbonyl (C=O) groups is 1. The van der Waals surface area contributed by atoms with Gasteiger partial charge in [-0.05, 0) is 22.0 Å². The third-order valence-electron chi connectivity index (χ3n) is 1.98. The molecule has 1 aliphatic rings. The van der Waals surface area contributed by atoms with E-state index in [1.54, 1.807) is 0 Å². The molecule has 2 rings (SSSR count). The van der Waals surface area contributed by atoms with Crippen molar-refractivity contribution >= 4 is 33.3 Å². The fourth-order valence-electron chi connectivity index (χ4n) is 1.34. The maximum absolute atomic E-state index is 13.5. The van der Waals surface area contributed by atoms with E-state index in [0.29, 0.717) is 0 Å². The van der Waals surface area contributed by atoms with E-state index in [2.05, 4.69) is 15.9 Å². The predicted octanol–water partition coefficient (Wildman–Crippen LogP) is 3.21. The molecule has 2 nitrogen and oxygen atoms in total. The first-order chi connectivity index (χ1) is 6.61. The lowest BCUT2D eigenvalue weighted by molar-refractivity contribution is 0.0928. The Kier molecular flexibility index (Phi) is 2.49. The van der Waals surface area contributed by atoms with Crippen molar-refractivity contribution in [2.75, 3.05) is 6.61 Å². The van der Waals surface area contributed by atoms with Gasteiger partial charge in [0.2, 0.25) is 0 Å². The number of rotatable bonds is 0. The van der Waals surface area contributed by atoms with E-state index in [0.717, 1.165) is 0 Å². The SMILES string of the molecule is O=C1CCOc2c(Cl)cc(Br)c(F)c21. The summed E-state index contributed by atoms with van der Waals surface area (Å²) in [6.07, 6.45) is 0.191. The maximum atomic E-state index is 13.5. The van der Waals surface area contributed by atoms with Crippen LogP contribution in [0.3, 0.4) is 0 Å². The van der Waals surface area contributed by atoms with Crippen molar-refractivity contribution in [3.05, 3.63) is 26.9 Å². The Hall–Kier alpha value is -0.610. The summed E-state index contributed by atoms with van der Waals surface area (Å²) in [5.41, 5.74) is -0.0457. The van der Waals surface area contributed by atoms with Gasteiger partial charge in [0.25, 0.3) is 0 Å². The van der Waals surface area contributed by atoms with Crippen LogP contribution in [-0.2, 0) is 0 Å². The molecule has 1 heterocycles. The Balaban J connectivity index is 2.73. The zero-order chi connectivity index (χ0) is 10.3. The smallest absolute Gasteiger partial charge is 0.173 e. The summed E-state index contributed by atoms with van der Waals surface area (Å²) >= 11 is 8.80. The molecule has 0 bridgehead atoms. The van der Waals surface area contributed by atoms with Crippen molar-refractivity contribution in [3.8, 4) is 5.75 Å². The number of hydrogen-bond acceptors (Lipinski definition) is 2. The molecule has 74 valence electrons. The molecule has 1 aliphatic heterocycles. The van der Waals surface area contributed by atoms with Crippen molar-refractivity contribution in [1.82, 2.24) is 0 Å². The molecule has 0 saturated carbocycles. The average Bonchev–Trinajstić information content (AvgIpc) is 2.14. The van der Waals surface area contributed by atoms with Gasteiger partial charge in [-0.1, -0.05) is 11.6 Å². The van der Waals surface area contributed by atoms with Crippen LogP contribution in [0, 0.1) is 5.82 Å². The highest BCUT2D eigenvalue weighted by atomic mass is 79.9. The molecular weight excluding hydrogens is 274 g/mol. The Bertz CT molecular complexity index is 420. The second kappa shape index (κ2) is 3.51. The van der Waals surface area contributed by atoms with Gasteiger partial charge >= 0.3 is 0 Å². The highest BCUT2D eigenvalue weighted by Crippen LogP contribution is 2.38. The lowest BCUT2D eigenvalue weighted by atomic mass is 10.0. The van der Waals surface area contributed by atoms with Crippen molar-refractivity contribution < 1.29 is 13.9 Å². The maximum Gasteiger partial charge on any atom is 0.173 e. The second-order valence-electron chi connectivity index (χ2n) is 2.88.